The highest BCUT2D eigenvalue weighted by molar-refractivity contribution is 6.30. The molecule has 0 aliphatic heterocycles. The van der Waals surface area contributed by atoms with Crippen molar-refractivity contribution in [1.82, 2.24) is 5.32 Å². The lowest BCUT2D eigenvalue weighted by Crippen LogP contribution is -2.34. The number of methoxy groups -OCH3 is 1. The summed E-state index contributed by atoms with van der Waals surface area (Å²) in [6.07, 6.45) is -0.382. The van der Waals surface area contributed by atoms with E-state index in [0.29, 0.717) is 18.2 Å². The minimum atomic E-state index is -0.382. The predicted molar refractivity (Wildman–Crippen MR) is 76.8 cm³/mol. The molecule has 108 valence electrons. The number of rotatable bonds is 8. The molecule has 5 heteroatoms. The second kappa shape index (κ2) is 8.38. The van der Waals surface area contributed by atoms with Crippen LogP contribution in [-0.2, 0) is 9.47 Å². The summed E-state index contributed by atoms with van der Waals surface area (Å²) in [4.78, 5) is 0. The fourth-order valence-corrected chi connectivity index (χ4v) is 2.14. The average molecular weight is 288 g/mol. The van der Waals surface area contributed by atoms with E-state index in [1.807, 2.05) is 33.0 Å². The third kappa shape index (κ3) is 4.35. The first kappa shape index (κ1) is 16.2. The number of benzene rings is 1. The highest BCUT2D eigenvalue weighted by Crippen LogP contribution is 2.31. The Morgan fingerprint density at radius 2 is 1.84 bits per heavy atom. The van der Waals surface area contributed by atoms with Gasteiger partial charge in [0.15, 0.2) is 6.29 Å². The molecule has 0 aliphatic rings. The smallest absolute Gasteiger partial charge is 0.176 e. The molecule has 0 amide bonds. The summed E-state index contributed by atoms with van der Waals surface area (Å²) < 4.78 is 16.7. The molecule has 0 saturated heterocycles. The van der Waals surface area contributed by atoms with Gasteiger partial charge in [0.1, 0.15) is 5.75 Å². The van der Waals surface area contributed by atoms with E-state index in [0.717, 1.165) is 11.3 Å². The van der Waals surface area contributed by atoms with Gasteiger partial charge in [-0.15, -0.1) is 0 Å². The standard InChI is InChI=1S/C14H22ClNO3/c1-5-18-14(19-6-2)13(16-3)11-9-10(15)7-8-12(11)17-4/h7-9,13-14,16H,5-6H2,1-4H3. The summed E-state index contributed by atoms with van der Waals surface area (Å²) in [6.45, 7) is 5.03. The molecule has 1 unspecified atom stereocenters. The van der Waals surface area contributed by atoms with Crippen LogP contribution in [0.5, 0.6) is 5.75 Å². The highest BCUT2D eigenvalue weighted by Gasteiger charge is 2.25. The predicted octanol–water partition coefficient (Wildman–Crippen LogP) is 3.01. The average Bonchev–Trinajstić information content (AvgIpc) is 2.40. The van der Waals surface area contributed by atoms with Crippen molar-refractivity contribution in [2.75, 3.05) is 27.4 Å². The Morgan fingerprint density at radius 1 is 1.21 bits per heavy atom. The molecule has 0 fully saturated rings. The molecule has 0 radical (unpaired) electrons. The number of halogens is 1. The molecular formula is C14H22ClNO3. The summed E-state index contributed by atoms with van der Waals surface area (Å²) in [7, 11) is 3.49. The van der Waals surface area contributed by atoms with Crippen molar-refractivity contribution in [2.45, 2.75) is 26.2 Å². The van der Waals surface area contributed by atoms with E-state index in [4.69, 9.17) is 25.8 Å². The maximum Gasteiger partial charge on any atom is 0.176 e. The zero-order chi connectivity index (χ0) is 14.3. The first-order valence-corrected chi connectivity index (χ1v) is 6.79. The number of hydrogen-bond acceptors (Lipinski definition) is 4. The molecule has 0 saturated carbocycles. The van der Waals surface area contributed by atoms with Crippen LogP contribution in [0.3, 0.4) is 0 Å². The first-order valence-electron chi connectivity index (χ1n) is 6.41. The van der Waals surface area contributed by atoms with Crippen molar-refractivity contribution in [1.29, 1.82) is 0 Å². The van der Waals surface area contributed by atoms with E-state index in [1.165, 1.54) is 0 Å². The Kier molecular flexibility index (Phi) is 7.16. The molecule has 1 atom stereocenters. The molecule has 0 spiro atoms. The van der Waals surface area contributed by atoms with Crippen molar-refractivity contribution < 1.29 is 14.2 Å². The van der Waals surface area contributed by atoms with Gasteiger partial charge in [-0.05, 0) is 39.1 Å². The zero-order valence-electron chi connectivity index (χ0n) is 11.9. The van der Waals surface area contributed by atoms with E-state index in [-0.39, 0.29) is 12.3 Å². The van der Waals surface area contributed by atoms with Crippen LogP contribution in [0.15, 0.2) is 18.2 Å². The van der Waals surface area contributed by atoms with Gasteiger partial charge in [0.05, 0.1) is 13.2 Å². The van der Waals surface area contributed by atoms with E-state index in [2.05, 4.69) is 5.32 Å². The van der Waals surface area contributed by atoms with E-state index in [1.54, 1.807) is 13.2 Å². The first-order chi connectivity index (χ1) is 9.17. The molecule has 0 heterocycles. The lowest BCUT2D eigenvalue weighted by Gasteiger charge is -2.28. The monoisotopic (exact) mass is 287 g/mol. The van der Waals surface area contributed by atoms with Crippen molar-refractivity contribution in [3.63, 3.8) is 0 Å². The van der Waals surface area contributed by atoms with Crippen LogP contribution >= 0.6 is 11.6 Å². The summed E-state index contributed by atoms with van der Waals surface area (Å²) in [5, 5.41) is 3.86. The molecule has 1 N–H and O–H groups in total. The van der Waals surface area contributed by atoms with E-state index < -0.39 is 0 Å². The Hall–Kier alpha value is -0.810. The van der Waals surface area contributed by atoms with Gasteiger partial charge in [0, 0.05) is 23.8 Å². The topological polar surface area (TPSA) is 39.7 Å². The third-order valence-corrected chi connectivity index (χ3v) is 3.01. The van der Waals surface area contributed by atoms with Gasteiger partial charge in [-0.25, -0.2) is 0 Å². The quantitative estimate of drug-likeness (QED) is 0.746. The molecule has 0 aliphatic carbocycles. The van der Waals surface area contributed by atoms with Gasteiger partial charge in [0.2, 0.25) is 0 Å². The van der Waals surface area contributed by atoms with Crippen molar-refractivity contribution in [3.05, 3.63) is 28.8 Å². The number of hydrogen-bond donors (Lipinski definition) is 1. The molecule has 1 aromatic rings. The maximum absolute atomic E-state index is 6.07. The SMILES string of the molecule is CCOC(OCC)C(NC)c1cc(Cl)ccc1OC. The minimum Gasteiger partial charge on any atom is -0.496 e. The van der Waals surface area contributed by atoms with Crippen molar-refractivity contribution >= 4 is 11.6 Å². The number of nitrogens with one attached hydrogen (secondary N) is 1. The lowest BCUT2D eigenvalue weighted by molar-refractivity contribution is -0.154. The molecule has 1 aromatic carbocycles. The zero-order valence-corrected chi connectivity index (χ0v) is 12.7. The van der Waals surface area contributed by atoms with Crippen molar-refractivity contribution in [3.8, 4) is 5.75 Å². The number of ether oxygens (including phenoxy) is 3. The van der Waals surface area contributed by atoms with Crippen LogP contribution in [0.25, 0.3) is 0 Å². The van der Waals surface area contributed by atoms with E-state index in [9.17, 15) is 0 Å². The second-order valence-corrected chi connectivity index (χ2v) is 4.37. The summed E-state index contributed by atoms with van der Waals surface area (Å²) >= 11 is 6.07. The van der Waals surface area contributed by atoms with Crippen molar-refractivity contribution in [2.24, 2.45) is 0 Å². The Bertz CT molecular complexity index is 381. The maximum atomic E-state index is 6.07. The lowest BCUT2D eigenvalue weighted by atomic mass is 10.1. The van der Waals surface area contributed by atoms with Crippen LogP contribution in [0, 0.1) is 0 Å². The summed E-state index contributed by atoms with van der Waals surface area (Å²) in [5.74, 6) is 0.758. The largest absolute Gasteiger partial charge is 0.496 e. The Morgan fingerprint density at radius 3 is 2.32 bits per heavy atom. The highest BCUT2D eigenvalue weighted by atomic mass is 35.5. The molecular weight excluding hydrogens is 266 g/mol. The van der Waals surface area contributed by atoms with Crippen LogP contribution in [-0.4, -0.2) is 33.7 Å². The Labute approximate surface area is 120 Å². The van der Waals surface area contributed by atoms with Crippen LogP contribution in [0.2, 0.25) is 5.02 Å². The van der Waals surface area contributed by atoms with Crippen LogP contribution in [0.1, 0.15) is 25.5 Å². The molecule has 0 bridgehead atoms. The fraction of sp³-hybridized carbons (Fsp3) is 0.571. The van der Waals surface area contributed by atoms with Gasteiger partial charge in [-0.2, -0.15) is 0 Å². The molecule has 0 aromatic heterocycles. The second-order valence-electron chi connectivity index (χ2n) is 3.93. The third-order valence-electron chi connectivity index (χ3n) is 2.77. The van der Waals surface area contributed by atoms with Gasteiger partial charge in [-0.3, -0.25) is 0 Å². The number of likely N-dealkylation sites (N-methyl/N-ethyl adjacent to an activating group) is 1. The Balaban J connectivity index is 3.08. The molecule has 4 nitrogen and oxygen atoms in total. The minimum absolute atomic E-state index is 0.145. The van der Waals surface area contributed by atoms with Gasteiger partial charge in [-0.1, -0.05) is 11.6 Å². The van der Waals surface area contributed by atoms with Gasteiger partial charge < -0.3 is 19.5 Å². The van der Waals surface area contributed by atoms with Crippen LogP contribution in [0.4, 0.5) is 0 Å². The summed E-state index contributed by atoms with van der Waals surface area (Å²) in [5.41, 5.74) is 0.921. The van der Waals surface area contributed by atoms with Gasteiger partial charge >= 0.3 is 0 Å². The van der Waals surface area contributed by atoms with Gasteiger partial charge in [0.25, 0.3) is 0 Å². The fourth-order valence-electron chi connectivity index (χ4n) is 1.96. The summed E-state index contributed by atoms with van der Waals surface area (Å²) in [6, 6.07) is 5.37. The normalized spacial score (nSPS) is 12.7. The van der Waals surface area contributed by atoms with Crippen LogP contribution < -0.4 is 10.1 Å². The van der Waals surface area contributed by atoms with E-state index >= 15 is 0 Å². The molecule has 19 heavy (non-hydrogen) atoms. The molecule has 1 rings (SSSR count).